The molecule has 0 N–H and O–H groups in total. The molecule has 0 atom stereocenters. The Kier molecular flexibility index (Phi) is 3.56. The molecule has 0 amide bonds. The highest BCUT2D eigenvalue weighted by atomic mass is 35.5. The summed E-state index contributed by atoms with van der Waals surface area (Å²) in [4.78, 5) is 4.37. The molecule has 2 aromatic heterocycles. The van der Waals surface area contributed by atoms with Crippen LogP contribution in [0.25, 0.3) is 22.8 Å². The van der Waals surface area contributed by atoms with E-state index in [0.717, 1.165) is 11.1 Å². The molecule has 0 unspecified atom stereocenters. The molecule has 2 heterocycles. The average molecular weight is 381 g/mol. The quantitative estimate of drug-likeness (QED) is 0.679. The molecule has 3 aromatic rings. The number of hydrogen-bond donors (Lipinski definition) is 0. The van der Waals surface area contributed by atoms with Crippen molar-refractivity contribution in [2.24, 2.45) is 0 Å². The Labute approximate surface area is 148 Å². The van der Waals surface area contributed by atoms with Crippen LogP contribution in [0.4, 0.5) is 0 Å². The number of hydrogen-bond acceptors (Lipinski definition) is 6. The van der Waals surface area contributed by atoms with Gasteiger partial charge >= 0.3 is 0 Å². The van der Waals surface area contributed by atoms with Gasteiger partial charge < -0.3 is 4.52 Å². The third-order valence-corrected chi connectivity index (χ3v) is 7.60. The topological polar surface area (TPSA) is 73.1 Å². The molecule has 5 nitrogen and oxygen atoms in total. The van der Waals surface area contributed by atoms with Gasteiger partial charge in [-0.25, -0.2) is 8.42 Å². The predicted molar refractivity (Wildman–Crippen MR) is 93.8 cm³/mol. The SMILES string of the molecule is CS(=O)(=O)C1(c2ccc(-c3noc(-c4cscc4Cl)n3)cc2)CC1. The fourth-order valence-electron chi connectivity index (χ4n) is 2.79. The van der Waals surface area contributed by atoms with Crippen molar-refractivity contribution in [1.29, 1.82) is 0 Å². The van der Waals surface area contributed by atoms with Crippen LogP contribution in [-0.2, 0) is 14.6 Å². The lowest BCUT2D eigenvalue weighted by atomic mass is 10.1. The van der Waals surface area contributed by atoms with Crippen LogP contribution < -0.4 is 0 Å². The van der Waals surface area contributed by atoms with Gasteiger partial charge in [-0.15, -0.1) is 11.3 Å². The third-order valence-electron chi connectivity index (χ3n) is 4.35. The maximum atomic E-state index is 12.0. The van der Waals surface area contributed by atoms with E-state index in [0.29, 0.717) is 35.1 Å². The zero-order valence-corrected chi connectivity index (χ0v) is 15.1. The van der Waals surface area contributed by atoms with E-state index in [2.05, 4.69) is 10.1 Å². The maximum Gasteiger partial charge on any atom is 0.260 e. The van der Waals surface area contributed by atoms with Gasteiger partial charge in [-0.1, -0.05) is 41.0 Å². The summed E-state index contributed by atoms with van der Waals surface area (Å²) in [7, 11) is -3.12. The fourth-order valence-corrected chi connectivity index (χ4v) is 5.24. The van der Waals surface area contributed by atoms with Gasteiger partial charge in [-0.05, 0) is 18.4 Å². The van der Waals surface area contributed by atoms with Crippen LogP contribution in [0.2, 0.25) is 5.02 Å². The second kappa shape index (κ2) is 5.40. The molecule has 24 heavy (non-hydrogen) atoms. The van der Waals surface area contributed by atoms with Crippen molar-refractivity contribution >= 4 is 32.8 Å². The second-order valence-corrected chi connectivity index (χ2v) is 9.38. The van der Waals surface area contributed by atoms with Crippen LogP contribution in [0.1, 0.15) is 18.4 Å². The van der Waals surface area contributed by atoms with E-state index in [1.807, 2.05) is 29.6 Å². The van der Waals surface area contributed by atoms with Crippen molar-refractivity contribution in [1.82, 2.24) is 10.1 Å². The van der Waals surface area contributed by atoms with E-state index in [1.54, 1.807) is 5.38 Å². The molecule has 0 saturated heterocycles. The van der Waals surface area contributed by atoms with Crippen LogP contribution in [0.15, 0.2) is 39.5 Å². The van der Waals surface area contributed by atoms with Crippen molar-refractivity contribution < 1.29 is 12.9 Å². The van der Waals surface area contributed by atoms with Gasteiger partial charge in [0.2, 0.25) is 5.82 Å². The molecule has 0 aliphatic heterocycles. The molecule has 8 heteroatoms. The van der Waals surface area contributed by atoms with Crippen LogP contribution in [-0.4, -0.2) is 24.8 Å². The van der Waals surface area contributed by atoms with Gasteiger partial charge in [-0.3, -0.25) is 0 Å². The van der Waals surface area contributed by atoms with Gasteiger partial charge in [0, 0.05) is 22.6 Å². The average Bonchev–Trinajstić information content (AvgIpc) is 3.05. The molecular weight excluding hydrogens is 368 g/mol. The number of thiophene rings is 1. The van der Waals surface area contributed by atoms with E-state index < -0.39 is 14.6 Å². The fraction of sp³-hybridized carbons (Fsp3) is 0.250. The maximum absolute atomic E-state index is 12.0. The summed E-state index contributed by atoms with van der Waals surface area (Å²) in [5.74, 6) is 0.818. The summed E-state index contributed by atoms with van der Waals surface area (Å²) in [5, 5.41) is 8.21. The summed E-state index contributed by atoms with van der Waals surface area (Å²) >= 11 is 7.54. The van der Waals surface area contributed by atoms with Gasteiger partial charge in [0.1, 0.15) is 0 Å². The van der Waals surface area contributed by atoms with E-state index in [1.165, 1.54) is 17.6 Å². The lowest BCUT2D eigenvalue weighted by Gasteiger charge is -2.13. The molecule has 1 aromatic carbocycles. The Hall–Kier alpha value is -1.70. The summed E-state index contributed by atoms with van der Waals surface area (Å²) in [6.07, 6.45) is 2.65. The monoisotopic (exact) mass is 380 g/mol. The highest BCUT2D eigenvalue weighted by Gasteiger charge is 2.53. The number of sulfone groups is 1. The van der Waals surface area contributed by atoms with Gasteiger partial charge in [0.25, 0.3) is 5.89 Å². The van der Waals surface area contributed by atoms with Crippen molar-refractivity contribution in [3.63, 3.8) is 0 Å². The molecule has 0 spiro atoms. The number of nitrogens with zero attached hydrogens (tertiary/aromatic N) is 2. The molecule has 4 rings (SSSR count). The lowest BCUT2D eigenvalue weighted by molar-refractivity contribution is 0.432. The Balaban J connectivity index is 1.65. The summed E-state index contributed by atoms with van der Waals surface area (Å²) in [5.41, 5.74) is 2.30. The van der Waals surface area contributed by atoms with Crippen LogP contribution in [0.3, 0.4) is 0 Å². The first kappa shape index (κ1) is 15.8. The summed E-state index contributed by atoms with van der Waals surface area (Å²) in [6.45, 7) is 0. The van der Waals surface area contributed by atoms with Gasteiger partial charge in [0.05, 0.1) is 15.3 Å². The number of rotatable bonds is 4. The van der Waals surface area contributed by atoms with E-state index in [9.17, 15) is 8.42 Å². The van der Waals surface area contributed by atoms with Crippen molar-refractivity contribution in [2.75, 3.05) is 6.26 Å². The molecule has 1 aliphatic carbocycles. The smallest absolute Gasteiger partial charge is 0.260 e. The zero-order chi connectivity index (χ0) is 16.9. The minimum absolute atomic E-state index is 0.370. The van der Waals surface area contributed by atoms with Gasteiger partial charge in [-0.2, -0.15) is 4.98 Å². The van der Waals surface area contributed by atoms with Crippen LogP contribution in [0.5, 0.6) is 0 Å². The minimum atomic E-state index is -3.12. The molecule has 1 fully saturated rings. The Morgan fingerprint density at radius 2 is 1.92 bits per heavy atom. The van der Waals surface area contributed by atoms with Crippen LogP contribution in [0, 0.1) is 0 Å². The first-order valence-electron chi connectivity index (χ1n) is 7.27. The number of aromatic nitrogens is 2. The second-order valence-electron chi connectivity index (χ2n) is 5.90. The Bertz CT molecular complexity index is 1000. The Morgan fingerprint density at radius 3 is 2.46 bits per heavy atom. The number of halogens is 1. The lowest BCUT2D eigenvalue weighted by Crippen LogP contribution is -2.19. The number of benzene rings is 1. The van der Waals surface area contributed by atoms with E-state index in [-0.39, 0.29) is 0 Å². The van der Waals surface area contributed by atoms with E-state index >= 15 is 0 Å². The highest BCUT2D eigenvalue weighted by molar-refractivity contribution is 7.92. The van der Waals surface area contributed by atoms with Crippen molar-refractivity contribution in [3.8, 4) is 22.8 Å². The summed E-state index contributed by atoms with van der Waals surface area (Å²) < 4.78 is 28.5. The van der Waals surface area contributed by atoms with Crippen LogP contribution >= 0.6 is 22.9 Å². The first-order valence-corrected chi connectivity index (χ1v) is 10.5. The molecular formula is C16H13ClN2O3S2. The zero-order valence-electron chi connectivity index (χ0n) is 12.7. The normalized spacial score (nSPS) is 16.2. The molecule has 0 radical (unpaired) electrons. The highest BCUT2D eigenvalue weighted by Crippen LogP contribution is 2.52. The molecule has 1 aliphatic rings. The first-order chi connectivity index (χ1) is 11.4. The molecule has 0 bridgehead atoms. The minimum Gasteiger partial charge on any atom is -0.334 e. The van der Waals surface area contributed by atoms with Crippen molar-refractivity contribution in [2.45, 2.75) is 17.6 Å². The van der Waals surface area contributed by atoms with Crippen molar-refractivity contribution in [3.05, 3.63) is 45.6 Å². The summed E-state index contributed by atoms with van der Waals surface area (Å²) in [6, 6.07) is 7.31. The molecule has 124 valence electrons. The third kappa shape index (κ3) is 2.47. The van der Waals surface area contributed by atoms with E-state index in [4.69, 9.17) is 16.1 Å². The largest absolute Gasteiger partial charge is 0.334 e. The predicted octanol–water partition coefficient (Wildman–Crippen LogP) is 4.15. The standard InChI is InChI=1S/C16H13ClN2O3S2/c1-24(20,21)16(6-7-16)11-4-2-10(3-5-11)14-18-15(22-19-14)12-8-23-9-13(12)17/h2-5,8-9H,6-7H2,1H3. The molecule has 1 saturated carbocycles. The Morgan fingerprint density at radius 1 is 1.21 bits per heavy atom. The van der Waals surface area contributed by atoms with Gasteiger partial charge in [0.15, 0.2) is 9.84 Å².